The normalized spacial score (nSPS) is 10.3. The highest BCUT2D eigenvalue weighted by molar-refractivity contribution is 6.00. The molecule has 5 heteroatoms. The van der Waals surface area contributed by atoms with Crippen LogP contribution in [0.1, 0.15) is 42.6 Å². The number of amides is 1. The standard InChI is InChI=1S/C21H25NO4/c1-4-25-19-12-10-17(14-20(19)26-5-2)22-21(24)13-11-18(23)16-8-6-15(3)7-9-16/h6-10,12,14H,4-5,11,13H2,1-3H3,(H,22,24). The monoisotopic (exact) mass is 355 g/mol. The van der Waals surface area contributed by atoms with Crippen LogP contribution in [0.15, 0.2) is 42.5 Å². The van der Waals surface area contributed by atoms with Gasteiger partial charge in [-0.1, -0.05) is 29.8 Å². The molecule has 5 nitrogen and oxygen atoms in total. The molecule has 0 atom stereocenters. The van der Waals surface area contributed by atoms with E-state index in [9.17, 15) is 9.59 Å². The Morgan fingerprint density at radius 1 is 0.885 bits per heavy atom. The summed E-state index contributed by atoms with van der Waals surface area (Å²) in [6.45, 7) is 6.79. The summed E-state index contributed by atoms with van der Waals surface area (Å²) in [6.07, 6.45) is 0.300. The molecule has 0 aliphatic carbocycles. The average molecular weight is 355 g/mol. The second kappa shape index (κ2) is 9.61. The van der Waals surface area contributed by atoms with Crippen LogP contribution < -0.4 is 14.8 Å². The molecular formula is C21H25NO4. The Balaban J connectivity index is 1.93. The van der Waals surface area contributed by atoms with Crippen LogP contribution in [-0.2, 0) is 4.79 Å². The molecule has 0 fully saturated rings. The summed E-state index contributed by atoms with van der Waals surface area (Å²) < 4.78 is 11.1. The maximum absolute atomic E-state index is 12.2. The second-order valence-electron chi connectivity index (χ2n) is 5.86. The van der Waals surface area contributed by atoms with Crippen LogP contribution in [0, 0.1) is 6.92 Å². The molecule has 0 heterocycles. The van der Waals surface area contributed by atoms with Gasteiger partial charge in [0.2, 0.25) is 5.91 Å². The Morgan fingerprint density at radius 3 is 2.19 bits per heavy atom. The maximum Gasteiger partial charge on any atom is 0.224 e. The fourth-order valence-corrected chi connectivity index (χ4v) is 2.46. The summed E-state index contributed by atoms with van der Waals surface area (Å²) in [6, 6.07) is 12.6. The lowest BCUT2D eigenvalue weighted by molar-refractivity contribution is -0.116. The van der Waals surface area contributed by atoms with Crippen molar-refractivity contribution < 1.29 is 19.1 Å². The molecular weight excluding hydrogens is 330 g/mol. The highest BCUT2D eigenvalue weighted by atomic mass is 16.5. The van der Waals surface area contributed by atoms with Crippen LogP contribution in [0.25, 0.3) is 0 Å². The molecule has 0 saturated heterocycles. The van der Waals surface area contributed by atoms with Gasteiger partial charge in [0.05, 0.1) is 13.2 Å². The van der Waals surface area contributed by atoms with Gasteiger partial charge in [0.15, 0.2) is 17.3 Å². The highest BCUT2D eigenvalue weighted by Crippen LogP contribution is 2.30. The number of rotatable bonds is 9. The number of hydrogen-bond donors (Lipinski definition) is 1. The second-order valence-corrected chi connectivity index (χ2v) is 5.86. The fourth-order valence-electron chi connectivity index (χ4n) is 2.46. The van der Waals surface area contributed by atoms with E-state index in [1.165, 1.54) is 0 Å². The summed E-state index contributed by atoms with van der Waals surface area (Å²) in [5.74, 6) is 0.976. The van der Waals surface area contributed by atoms with Gasteiger partial charge >= 0.3 is 0 Å². The van der Waals surface area contributed by atoms with Gasteiger partial charge in [0.1, 0.15) is 0 Å². The van der Waals surface area contributed by atoms with E-state index < -0.39 is 0 Å². The van der Waals surface area contributed by atoms with Gasteiger partial charge in [-0.2, -0.15) is 0 Å². The van der Waals surface area contributed by atoms with Crippen molar-refractivity contribution in [1.82, 2.24) is 0 Å². The molecule has 0 aromatic heterocycles. The molecule has 0 bridgehead atoms. The molecule has 1 amide bonds. The van der Waals surface area contributed by atoms with Crippen molar-refractivity contribution in [3.05, 3.63) is 53.6 Å². The van der Waals surface area contributed by atoms with Crippen LogP contribution in [0.2, 0.25) is 0 Å². The van der Waals surface area contributed by atoms with E-state index in [0.717, 1.165) is 5.56 Å². The number of carbonyl (C=O) groups excluding carboxylic acids is 2. The molecule has 0 unspecified atom stereocenters. The number of ether oxygens (including phenoxy) is 2. The van der Waals surface area contributed by atoms with Gasteiger partial charge < -0.3 is 14.8 Å². The first-order valence-electron chi connectivity index (χ1n) is 8.82. The van der Waals surface area contributed by atoms with Crippen molar-refractivity contribution in [3.8, 4) is 11.5 Å². The number of aryl methyl sites for hydroxylation is 1. The highest BCUT2D eigenvalue weighted by Gasteiger charge is 2.11. The molecule has 2 rings (SSSR count). The lowest BCUT2D eigenvalue weighted by Crippen LogP contribution is -2.13. The molecule has 0 aliphatic rings. The number of carbonyl (C=O) groups is 2. The molecule has 138 valence electrons. The fraction of sp³-hybridized carbons (Fsp3) is 0.333. The predicted molar refractivity (Wildman–Crippen MR) is 102 cm³/mol. The SMILES string of the molecule is CCOc1ccc(NC(=O)CCC(=O)c2ccc(C)cc2)cc1OCC. The summed E-state index contributed by atoms with van der Waals surface area (Å²) in [7, 11) is 0. The van der Waals surface area contributed by atoms with Crippen LogP contribution in [-0.4, -0.2) is 24.9 Å². The van der Waals surface area contributed by atoms with Gasteiger partial charge in [-0.05, 0) is 32.9 Å². The van der Waals surface area contributed by atoms with Gasteiger partial charge in [0, 0.05) is 30.2 Å². The first-order valence-corrected chi connectivity index (χ1v) is 8.82. The minimum atomic E-state index is -0.211. The summed E-state index contributed by atoms with van der Waals surface area (Å²) >= 11 is 0. The predicted octanol–water partition coefficient (Wildman–Crippen LogP) is 4.39. The van der Waals surface area contributed by atoms with Crippen molar-refractivity contribution in [2.75, 3.05) is 18.5 Å². The third-order valence-electron chi connectivity index (χ3n) is 3.78. The minimum Gasteiger partial charge on any atom is -0.490 e. The van der Waals surface area contributed by atoms with Crippen LogP contribution in [0.3, 0.4) is 0 Å². The van der Waals surface area contributed by atoms with Gasteiger partial charge in [-0.15, -0.1) is 0 Å². The van der Waals surface area contributed by atoms with Crippen molar-refractivity contribution >= 4 is 17.4 Å². The van der Waals surface area contributed by atoms with Gasteiger partial charge in [0.25, 0.3) is 0 Å². The lowest BCUT2D eigenvalue weighted by atomic mass is 10.0. The lowest BCUT2D eigenvalue weighted by Gasteiger charge is -2.13. The molecule has 0 aliphatic heterocycles. The molecule has 2 aromatic rings. The number of Topliss-reactive ketones (excluding diaryl/α,β-unsaturated/α-hetero) is 1. The largest absolute Gasteiger partial charge is 0.490 e. The Kier molecular flexibility index (Phi) is 7.21. The zero-order valence-corrected chi connectivity index (χ0v) is 15.5. The van der Waals surface area contributed by atoms with Gasteiger partial charge in [-0.3, -0.25) is 9.59 Å². The van der Waals surface area contributed by atoms with E-state index in [2.05, 4.69) is 5.32 Å². The van der Waals surface area contributed by atoms with Crippen molar-refractivity contribution in [2.24, 2.45) is 0 Å². The van der Waals surface area contributed by atoms with Crippen molar-refractivity contribution in [3.63, 3.8) is 0 Å². The molecule has 0 spiro atoms. The zero-order valence-electron chi connectivity index (χ0n) is 15.5. The Morgan fingerprint density at radius 2 is 1.54 bits per heavy atom. The third-order valence-corrected chi connectivity index (χ3v) is 3.78. The summed E-state index contributed by atoms with van der Waals surface area (Å²) in [5.41, 5.74) is 2.34. The molecule has 0 radical (unpaired) electrons. The Hall–Kier alpha value is -2.82. The van der Waals surface area contributed by atoms with Crippen LogP contribution >= 0.6 is 0 Å². The Labute approximate surface area is 154 Å². The van der Waals surface area contributed by atoms with Gasteiger partial charge in [-0.25, -0.2) is 0 Å². The number of benzene rings is 2. The smallest absolute Gasteiger partial charge is 0.224 e. The van der Waals surface area contributed by atoms with E-state index in [4.69, 9.17) is 9.47 Å². The van der Waals surface area contributed by atoms with Crippen LogP contribution in [0.4, 0.5) is 5.69 Å². The number of hydrogen-bond acceptors (Lipinski definition) is 4. The first-order chi connectivity index (χ1) is 12.5. The van der Waals surface area contributed by atoms with E-state index in [1.54, 1.807) is 30.3 Å². The van der Waals surface area contributed by atoms with Crippen molar-refractivity contribution in [1.29, 1.82) is 0 Å². The summed E-state index contributed by atoms with van der Waals surface area (Å²) in [5, 5.41) is 2.80. The first kappa shape index (κ1) is 19.5. The molecule has 1 N–H and O–H groups in total. The zero-order chi connectivity index (χ0) is 18.9. The van der Waals surface area contributed by atoms with E-state index in [0.29, 0.717) is 36.0 Å². The van der Waals surface area contributed by atoms with Crippen LogP contribution in [0.5, 0.6) is 11.5 Å². The number of nitrogens with one attached hydrogen (secondary N) is 1. The minimum absolute atomic E-state index is 0.0400. The number of ketones is 1. The van der Waals surface area contributed by atoms with Crippen molar-refractivity contribution in [2.45, 2.75) is 33.6 Å². The Bertz CT molecular complexity index is 753. The maximum atomic E-state index is 12.2. The third kappa shape index (κ3) is 5.62. The topological polar surface area (TPSA) is 64.6 Å². The van der Waals surface area contributed by atoms with E-state index >= 15 is 0 Å². The molecule has 0 saturated carbocycles. The van der Waals surface area contributed by atoms with E-state index in [-0.39, 0.29) is 24.5 Å². The average Bonchev–Trinajstić information content (AvgIpc) is 2.63. The molecule has 2 aromatic carbocycles. The van der Waals surface area contributed by atoms with E-state index in [1.807, 2.05) is 32.9 Å². The summed E-state index contributed by atoms with van der Waals surface area (Å²) in [4.78, 5) is 24.3. The molecule has 26 heavy (non-hydrogen) atoms. The quantitative estimate of drug-likeness (QED) is 0.677. The number of anilines is 1.